The van der Waals surface area contributed by atoms with Gasteiger partial charge in [0.05, 0.1) is 5.92 Å². The molecule has 0 saturated carbocycles. The van der Waals surface area contributed by atoms with Crippen LogP contribution in [0.5, 0.6) is 0 Å². The number of Topliss-reactive ketones (excluding diaryl/α,β-unsaturated/α-hetero) is 1. The number of hydrogen-bond donors (Lipinski definition) is 0. The highest BCUT2D eigenvalue weighted by molar-refractivity contribution is 6.10. The molecule has 0 radical (unpaired) electrons. The Morgan fingerprint density at radius 2 is 1.52 bits per heavy atom. The molecule has 2 aromatic rings. The molecular formula is C19H19NO3. The van der Waals surface area contributed by atoms with Crippen LogP contribution in [0.1, 0.15) is 35.7 Å². The van der Waals surface area contributed by atoms with Crippen LogP contribution in [0, 0.1) is 10.1 Å². The minimum absolute atomic E-state index is 0.152. The van der Waals surface area contributed by atoms with E-state index in [9.17, 15) is 14.9 Å². The van der Waals surface area contributed by atoms with E-state index in [0.29, 0.717) is 11.1 Å². The molecule has 0 unspecified atom stereocenters. The van der Waals surface area contributed by atoms with Crippen LogP contribution in [0.15, 0.2) is 71.8 Å². The predicted molar refractivity (Wildman–Crippen MR) is 90.2 cm³/mol. The zero-order chi connectivity index (χ0) is 16.8. The summed E-state index contributed by atoms with van der Waals surface area (Å²) in [6.45, 7) is 3.35. The van der Waals surface area contributed by atoms with Gasteiger partial charge in [0.15, 0.2) is 5.78 Å². The van der Waals surface area contributed by atoms with Gasteiger partial charge in [0, 0.05) is 16.1 Å². The maximum Gasteiger partial charge on any atom is 0.214 e. The summed E-state index contributed by atoms with van der Waals surface area (Å²) in [5.41, 5.74) is 2.63. The smallest absolute Gasteiger partial charge is 0.214 e. The molecule has 2 aromatic carbocycles. The van der Waals surface area contributed by atoms with E-state index >= 15 is 0 Å². The van der Waals surface area contributed by atoms with Gasteiger partial charge in [-0.2, -0.15) is 0 Å². The maximum absolute atomic E-state index is 12.9. The minimum atomic E-state index is -0.552. The van der Waals surface area contributed by atoms with E-state index in [1.807, 2.05) is 50.2 Å². The molecular weight excluding hydrogens is 290 g/mol. The van der Waals surface area contributed by atoms with Gasteiger partial charge >= 0.3 is 0 Å². The van der Waals surface area contributed by atoms with E-state index in [1.54, 1.807) is 24.3 Å². The molecule has 0 bridgehead atoms. The highest BCUT2D eigenvalue weighted by atomic mass is 16.6. The molecule has 118 valence electrons. The first-order valence-corrected chi connectivity index (χ1v) is 7.44. The lowest BCUT2D eigenvalue weighted by molar-refractivity contribution is -0.481. The monoisotopic (exact) mass is 309 g/mol. The third-order valence-corrected chi connectivity index (χ3v) is 3.70. The zero-order valence-corrected chi connectivity index (χ0v) is 13.2. The summed E-state index contributed by atoms with van der Waals surface area (Å²) >= 11 is 0. The lowest BCUT2D eigenvalue weighted by Crippen LogP contribution is -2.21. The fraction of sp³-hybridized carbons (Fsp3) is 0.211. The van der Waals surface area contributed by atoms with Gasteiger partial charge in [-0.05, 0) is 19.4 Å². The number of allylic oxidation sites excluding steroid dienone is 1. The summed E-state index contributed by atoms with van der Waals surface area (Å²) in [5, 5.41) is 11.1. The lowest BCUT2D eigenvalue weighted by atomic mass is 9.84. The first kappa shape index (κ1) is 16.6. The molecule has 2 rings (SSSR count). The number of rotatable bonds is 6. The second-order valence-corrected chi connectivity index (χ2v) is 5.59. The minimum Gasteiger partial charge on any atom is -0.289 e. The van der Waals surface area contributed by atoms with Crippen molar-refractivity contribution in [3.63, 3.8) is 0 Å². The van der Waals surface area contributed by atoms with Crippen molar-refractivity contribution >= 4 is 5.78 Å². The highest BCUT2D eigenvalue weighted by Crippen LogP contribution is 2.30. The Bertz CT molecular complexity index is 717. The summed E-state index contributed by atoms with van der Waals surface area (Å²) in [5.74, 6) is -0.704. The second kappa shape index (κ2) is 7.49. The van der Waals surface area contributed by atoms with Crippen molar-refractivity contribution in [2.45, 2.75) is 19.8 Å². The van der Waals surface area contributed by atoms with E-state index in [4.69, 9.17) is 0 Å². The van der Waals surface area contributed by atoms with Gasteiger partial charge in [-0.1, -0.05) is 66.2 Å². The van der Waals surface area contributed by atoms with Gasteiger partial charge in [0.2, 0.25) is 6.54 Å². The van der Waals surface area contributed by atoms with Gasteiger partial charge < -0.3 is 0 Å². The molecule has 4 heteroatoms. The van der Waals surface area contributed by atoms with E-state index in [-0.39, 0.29) is 17.3 Å². The number of benzene rings is 2. The molecule has 0 aromatic heterocycles. The van der Waals surface area contributed by atoms with Crippen molar-refractivity contribution in [3.05, 3.63) is 93.1 Å². The van der Waals surface area contributed by atoms with Gasteiger partial charge in [0.1, 0.15) is 0 Å². The summed E-state index contributed by atoms with van der Waals surface area (Å²) in [7, 11) is 0. The molecule has 1 atom stereocenters. The van der Waals surface area contributed by atoms with Crippen molar-refractivity contribution in [2.24, 2.45) is 0 Å². The van der Waals surface area contributed by atoms with Crippen molar-refractivity contribution in [1.82, 2.24) is 0 Å². The van der Waals surface area contributed by atoms with E-state index in [2.05, 4.69) is 0 Å². The Morgan fingerprint density at radius 1 is 1.00 bits per heavy atom. The summed E-state index contributed by atoms with van der Waals surface area (Å²) in [4.78, 5) is 23.7. The van der Waals surface area contributed by atoms with Gasteiger partial charge in [-0.25, -0.2) is 0 Å². The number of ketones is 1. The molecule has 0 amide bonds. The Balaban J connectivity index is 2.50. The molecule has 0 spiro atoms. The Morgan fingerprint density at radius 3 is 2.00 bits per heavy atom. The van der Waals surface area contributed by atoms with E-state index in [1.165, 1.54) is 0 Å². The van der Waals surface area contributed by atoms with E-state index in [0.717, 1.165) is 11.1 Å². The molecule has 23 heavy (non-hydrogen) atoms. The first-order chi connectivity index (χ1) is 11.0. The van der Waals surface area contributed by atoms with Crippen molar-refractivity contribution < 1.29 is 9.72 Å². The maximum atomic E-state index is 12.9. The van der Waals surface area contributed by atoms with E-state index < -0.39 is 5.92 Å². The first-order valence-electron chi connectivity index (χ1n) is 7.44. The third kappa shape index (κ3) is 4.13. The molecule has 0 aliphatic rings. The predicted octanol–water partition coefficient (Wildman–Crippen LogP) is 4.27. The Labute approximate surface area is 135 Å². The lowest BCUT2D eigenvalue weighted by Gasteiger charge is -2.18. The Kier molecular flexibility index (Phi) is 5.41. The quantitative estimate of drug-likeness (QED) is 0.346. The molecule has 0 fully saturated rings. The van der Waals surface area contributed by atoms with Crippen LogP contribution in [0.2, 0.25) is 0 Å². The van der Waals surface area contributed by atoms with Gasteiger partial charge in [-0.15, -0.1) is 0 Å². The van der Waals surface area contributed by atoms with Crippen LogP contribution in [-0.4, -0.2) is 17.3 Å². The number of hydrogen-bond acceptors (Lipinski definition) is 3. The fourth-order valence-corrected chi connectivity index (χ4v) is 2.68. The average Bonchev–Trinajstić information content (AvgIpc) is 2.55. The molecule has 4 nitrogen and oxygen atoms in total. The molecule has 0 heterocycles. The molecule has 0 aliphatic carbocycles. The molecule has 0 aliphatic heterocycles. The van der Waals surface area contributed by atoms with Crippen LogP contribution >= 0.6 is 0 Å². The van der Waals surface area contributed by atoms with Crippen molar-refractivity contribution in [1.29, 1.82) is 0 Å². The largest absolute Gasteiger partial charge is 0.289 e. The highest BCUT2D eigenvalue weighted by Gasteiger charge is 2.28. The summed E-state index contributed by atoms with van der Waals surface area (Å²) in [6, 6.07) is 18.1. The number of carbonyl (C=O) groups is 1. The number of carbonyl (C=O) groups excluding carboxylic acids is 1. The molecule has 0 saturated heterocycles. The molecule has 0 N–H and O–H groups in total. The van der Waals surface area contributed by atoms with Crippen LogP contribution in [-0.2, 0) is 0 Å². The number of nitrogens with zero attached hydrogens (tertiary/aromatic N) is 1. The Hall–Kier alpha value is -2.75. The second-order valence-electron chi connectivity index (χ2n) is 5.59. The normalized spacial score (nSPS) is 11.6. The number of nitro groups is 1. The van der Waals surface area contributed by atoms with Crippen LogP contribution in [0.3, 0.4) is 0 Å². The topological polar surface area (TPSA) is 60.2 Å². The summed E-state index contributed by atoms with van der Waals surface area (Å²) in [6.07, 6.45) is 0. The van der Waals surface area contributed by atoms with Crippen molar-refractivity contribution in [2.75, 3.05) is 6.54 Å². The van der Waals surface area contributed by atoms with Crippen molar-refractivity contribution in [3.8, 4) is 0 Å². The van der Waals surface area contributed by atoms with Gasteiger partial charge in [0.25, 0.3) is 0 Å². The van der Waals surface area contributed by atoms with Gasteiger partial charge in [-0.3, -0.25) is 14.9 Å². The SMILES string of the molecule is CC(C)=C(C(=O)c1ccccc1)[C@@H](C[N+](=O)[O-])c1ccccc1. The van der Waals surface area contributed by atoms with Crippen LogP contribution in [0.4, 0.5) is 0 Å². The fourth-order valence-electron chi connectivity index (χ4n) is 2.68. The summed E-state index contributed by atoms with van der Waals surface area (Å²) < 4.78 is 0. The van der Waals surface area contributed by atoms with Crippen LogP contribution in [0.25, 0.3) is 0 Å². The standard InChI is InChI=1S/C19H19NO3/c1-14(2)18(19(21)16-11-7-4-8-12-16)17(13-20(22)23)15-9-5-3-6-10-15/h3-12,17H,13H2,1-2H3/t17-/m0/s1. The average molecular weight is 309 g/mol. The zero-order valence-electron chi connectivity index (χ0n) is 13.2. The third-order valence-electron chi connectivity index (χ3n) is 3.70. The van der Waals surface area contributed by atoms with Crippen LogP contribution < -0.4 is 0 Å².